The molecule has 0 bridgehead atoms. The normalized spacial score (nSPS) is 26.6. The van der Waals surface area contributed by atoms with Crippen LogP contribution < -0.4 is 10.2 Å². The van der Waals surface area contributed by atoms with E-state index in [-0.39, 0.29) is 5.92 Å². The molecule has 0 amide bonds. The van der Waals surface area contributed by atoms with Crippen LogP contribution in [0.1, 0.15) is 79.9 Å². The van der Waals surface area contributed by atoms with Crippen molar-refractivity contribution in [2.24, 2.45) is 5.92 Å². The largest absolute Gasteiger partial charge is 0.494 e. The van der Waals surface area contributed by atoms with E-state index < -0.39 is 35.1 Å². The zero-order chi connectivity index (χ0) is 29.1. The van der Waals surface area contributed by atoms with E-state index >= 15 is 0 Å². The lowest BCUT2D eigenvalue weighted by Gasteiger charge is -2.41. The third kappa shape index (κ3) is 5.34. The second kappa shape index (κ2) is 9.90. The first-order valence-corrected chi connectivity index (χ1v) is 14.5. The Kier molecular flexibility index (Phi) is 7.23. The molecule has 1 aliphatic heterocycles. The maximum atomic E-state index is 10.6. The number of allylic oxidation sites excluding steroid dienone is 6. The van der Waals surface area contributed by atoms with E-state index in [9.17, 15) is 5.11 Å². The molecule has 0 spiro atoms. The fraction of sp³-hybridized carbons (Fsp3) is 0.515. The van der Waals surface area contributed by atoms with Gasteiger partial charge in [-0.25, -0.2) is 0 Å². The Morgan fingerprint density at radius 2 is 1.70 bits per heavy atom. The van der Waals surface area contributed by atoms with Gasteiger partial charge in [-0.15, -0.1) is 0 Å². The predicted octanol–water partition coefficient (Wildman–Crippen LogP) is 5.57. The van der Waals surface area contributed by atoms with E-state index in [0.717, 1.165) is 35.1 Å². The number of fused-ring (bicyclic) bond motifs is 2. The molecule has 1 unspecified atom stereocenters. The second-order valence-electron chi connectivity index (χ2n) is 13.9. The number of ether oxygens (including phenoxy) is 1. The summed E-state index contributed by atoms with van der Waals surface area (Å²) < 4.78 is 26.2. The van der Waals surface area contributed by atoms with Crippen LogP contribution >= 0.6 is 0 Å². The molecule has 2 atom stereocenters. The van der Waals surface area contributed by atoms with E-state index in [1.54, 1.807) is 13.8 Å². The van der Waals surface area contributed by atoms with Crippen molar-refractivity contribution in [3.8, 4) is 5.75 Å². The number of aliphatic hydroxyl groups is 1. The number of aryl methyl sites for hydroxylation is 1. The average molecular weight is 542 g/mol. The van der Waals surface area contributed by atoms with Crippen molar-refractivity contribution in [3.63, 3.8) is 0 Å². The van der Waals surface area contributed by atoms with Gasteiger partial charge < -0.3 is 23.8 Å². The zero-order valence-electron chi connectivity index (χ0n) is 25.6. The third-order valence-corrected chi connectivity index (χ3v) is 9.55. The predicted molar refractivity (Wildman–Crippen MR) is 165 cm³/mol. The Hall–Kier alpha value is -2.31. The molecule has 0 aromatic heterocycles. The summed E-state index contributed by atoms with van der Waals surface area (Å²) in [4.78, 5) is 0. The minimum absolute atomic E-state index is 0.0484. The second-order valence-corrected chi connectivity index (χ2v) is 13.9. The van der Waals surface area contributed by atoms with E-state index in [1.807, 2.05) is 13.8 Å². The summed E-state index contributed by atoms with van der Waals surface area (Å²) in [6, 6.07) is 4.32. The molecule has 3 aliphatic carbocycles. The minimum Gasteiger partial charge on any atom is -0.482 e. The lowest BCUT2D eigenvalue weighted by atomic mass is 9.69. The van der Waals surface area contributed by atoms with Crippen molar-refractivity contribution in [1.29, 1.82) is 0 Å². The molecule has 1 aromatic rings. The van der Waals surface area contributed by atoms with Crippen molar-refractivity contribution < 1.29 is 23.8 Å². The smallest absolute Gasteiger partial charge is 0.482 e. The number of hydrogen-bond donors (Lipinski definition) is 1. The van der Waals surface area contributed by atoms with Crippen LogP contribution in [0.3, 0.4) is 0 Å². The first kappa shape index (κ1) is 29.2. The summed E-state index contributed by atoms with van der Waals surface area (Å²) in [6.45, 7) is 17.9. The Morgan fingerprint density at radius 1 is 1.00 bits per heavy atom. The number of hydrogen-bond acceptors (Lipinski definition) is 5. The van der Waals surface area contributed by atoms with E-state index in [1.165, 1.54) is 11.1 Å². The van der Waals surface area contributed by atoms with Crippen LogP contribution in [0.15, 0.2) is 65.7 Å². The molecule has 1 heterocycles. The molecule has 0 saturated carbocycles. The lowest BCUT2D eigenvalue weighted by molar-refractivity contribution is -0.0896. The van der Waals surface area contributed by atoms with Gasteiger partial charge in [0.15, 0.2) is 0 Å². The van der Waals surface area contributed by atoms with Gasteiger partial charge in [0.25, 0.3) is 0 Å². The maximum absolute atomic E-state index is 10.6. The summed E-state index contributed by atoms with van der Waals surface area (Å²) in [5, 5.41) is 10.6. The van der Waals surface area contributed by atoms with Crippen LogP contribution in [-0.2, 0) is 20.4 Å². The van der Waals surface area contributed by atoms with Crippen LogP contribution in [0.25, 0.3) is 6.08 Å². The summed E-state index contributed by atoms with van der Waals surface area (Å²) in [5.74, 6) is 0.880. The molecule has 5 rings (SSSR count). The van der Waals surface area contributed by atoms with Crippen molar-refractivity contribution in [2.45, 2.75) is 103 Å². The summed E-state index contributed by atoms with van der Waals surface area (Å²) >= 11 is 0. The van der Waals surface area contributed by atoms with Gasteiger partial charge >= 0.3 is 14.6 Å². The van der Waals surface area contributed by atoms with Gasteiger partial charge in [0.2, 0.25) is 0 Å². The van der Waals surface area contributed by atoms with Gasteiger partial charge in [0, 0.05) is 11.5 Å². The van der Waals surface area contributed by atoms with Crippen LogP contribution in [0.5, 0.6) is 5.75 Å². The topological polar surface area (TPSA) is 57.2 Å². The zero-order valence-corrected chi connectivity index (χ0v) is 25.6. The minimum atomic E-state index is -0.982. The van der Waals surface area contributed by atoms with Crippen molar-refractivity contribution in [3.05, 3.63) is 76.8 Å². The molecule has 212 valence electrons. The van der Waals surface area contributed by atoms with Gasteiger partial charge in [-0.2, -0.15) is 0 Å². The molecule has 0 radical (unpaired) electrons. The molecule has 1 saturated heterocycles. The SMILES string of the molecule is CC(C)(O)C(C)(C)OBC1=C[C@@](C)(Oc2cc(B3OC(C)(C)C(C)(C)O3)cc3c2C=CCC3)C2C=CC=CC2=C1. The van der Waals surface area contributed by atoms with E-state index in [4.69, 9.17) is 18.7 Å². The molecule has 1 aromatic carbocycles. The summed E-state index contributed by atoms with van der Waals surface area (Å²) in [5.41, 5.74) is 2.36. The van der Waals surface area contributed by atoms with Crippen LogP contribution in [-0.4, -0.2) is 47.7 Å². The monoisotopic (exact) mass is 542 g/mol. The molecule has 4 aliphatic rings. The highest BCUT2D eigenvalue weighted by atomic mass is 16.7. The highest BCUT2D eigenvalue weighted by Crippen LogP contribution is 2.42. The molecular formula is C33H44B2O5. The van der Waals surface area contributed by atoms with Crippen molar-refractivity contribution in [2.75, 3.05) is 0 Å². The first-order valence-electron chi connectivity index (χ1n) is 14.5. The standard InChI is InChI=1S/C33H44B2O5/c1-29(2,36)30(3,4)38-34-24-18-23-15-11-13-17-27(23)33(9,21-24)37-28-20-25(19-22-14-10-12-16-26(22)28)35-39-31(5,6)32(7,8)40-35/h11-13,15-21,27,34,36H,10,14H2,1-9H3/t27?,33-/m1/s1. The lowest BCUT2D eigenvalue weighted by Crippen LogP contribution is -2.48. The fourth-order valence-corrected chi connectivity index (χ4v) is 5.53. The average Bonchev–Trinajstić information content (AvgIpc) is 3.08. The molecule has 1 fully saturated rings. The Labute approximate surface area is 241 Å². The first-order chi connectivity index (χ1) is 18.5. The summed E-state index contributed by atoms with van der Waals surface area (Å²) in [7, 11) is -0.0883. The number of rotatable bonds is 7. The molecule has 5 nitrogen and oxygen atoms in total. The highest BCUT2D eigenvalue weighted by molar-refractivity contribution is 6.62. The van der Waals surface area contributed by atoms with Gasteiger partial charge in [0.05, 0.1) is 22.4 Å². The maximum Gasteiger partial charge on any atom is 0.494 e. The Morgan fingerprint density at radius 3 is 2.38 bits per heavy atom. The van der Waals surface area contributed by atoms with E-state index in [0.29, 0.717) is 7.48 Å². The van der Waals surface area contributed by atoms with Gasteiger partial charge in [0.1, 0.15) is 11.4 Å². The van der Waals surface area contributed by atoms with Crippen LogP contribution in [0.4, 0.5) is 0 Å². The highest BCUT2D eigenvalue weighted by Gasteiger charge is 2.52. The fourth-order valence-electron chi connectivity index (χ4n) is 5.53. The van der Waals surface area contributed by atoms with Gasteiger partial charge in [-0.1, -0.05) is 54.1 Å². The molecule has 1 N–H and O–H groups in total. The molecular weight excluding hydrogens is 498 g/mol. The molecule has 40 heavy (non-hydrogen) atoms. The summed E-state index contributed by atoms with van der Waals surface area (Å²) in [6.07, 6.45) is 19.2. The van der Waals surface area contributed by atoms with Gasteiger partial charge in [-0.3, -0.25) is 0 Å². The van der Waals surface area contributed by atoms with Crippen molar-refractivity contribution >= 4 is 26.1 Å². The molecule has 7 heteroatoms. The van der Waals surface area contributed by atoms with Crippen molar-refractivity contribution in [1.82, 2.24) is 0 Å². The number of benzene rings is 1. The van der Waals surface area contributed by atoms with Crippen LogP contribution in [0.2, 0.25) is 0 Å². The Bertz CT molecular complexity index is 1310. The Balaban J connectivity index is 1.51. The third-order valence-electron chi connectivity index (χ3n) is 9.55. The van der Waals surface area contributed by atoms with E-state index in [2.05, 4.69) is 95.4 Å². The van der Waals surface area contributed by atoms with Crippen LogP contribution in [0, 0.1) is 5.92 Å². The quantitative estimate of drug-likeness (QED) is 0.457. The van der Waals surface area contributed by atoms with Gasteiger partial charge in [-0.05, 0) is 104 Å².